The second-order valence-electron chi connectivity index (χ2n) is 4.42. The number of fused-ring (bicyclic) bond motifs is 1. The molecule has 1 atom stereocenters. The number of benzene rings is 1. The zero-order valence-corrected chi connectivity index (χ0v) is 9.82. The number of hydrogen-bond donors (Lipinski definition) is 2. The van der Waals surface area contributed by atoms with Gasteiger partial charge in [0.15, 0.2) is 0 Å². The van der Waals surface area contributed by atoms with Crippen molar-refractivity contribution in [3.8, 4) is 0 Å². The number of rotatable bonds is 4. The Morgan fingerprint density at radius 3 is 2.81 bits per heavy atom. The maximum absolute atomic E-state index is 9.16. The van der Waals surface area contributed by atoms with Crippen LogP contribution < -0.4 is 5.32 Å². The van der Waals surface area contributed by atoms with E-state index in [1.165, 1.54) is 11.1 Å². The first-order chi connectivity index (χ1) is 7.83. The molecule has 0 bridgehead atoms. The van der Waals surface area contributed by atoms with Crippen molar-refractivity contribution >= 4 is 0 Å². The van der Waals surface area contributed by atoms with Gasteiger partial charge in [-0.15, -0.1) is 0 Å². The van der Waals surface area contributed by atoms with Crippen LogP contribution in [0.3, 0.4) is 0 Å². The molecule has 16 heavy (non-hydrogen) atoms. The zero-order valence-electron chi connectivity index (χ0n) is 9.82. The summed E-state index contributed by atoms with van der Waals surface area (Å²) in [7, 11) is 1.90. The molecule has 2 N–H and O–H groups in total. The first-order valence-electron chi connectivity index (χ1n) is 5.90. The molecule has 0 aliphatic carbocycles. The number of likely N-dealkylation sites (N-methyl/N-ethyl adjacent to an activating group) is 1. The lowest BCUT2D eigenvalue weighted by atomic mass is 9.99. The van der Waals surface area contributed by atoms with Crippen molar-refractivity contribution in [3.05, 3.63) is 35.4 Å². The van der Waals surface area contributed by atoms with E-state index in [2.05, 4.69) is 34.5 Å². The third kappa shape index (κ3) is 2.61. The summed E-state index contributed by atoms with van der Waals surface area (Å²) < 4.78 is 0. The van der Waals surface area contributed by atoms with Gasteiger partial charge in [0.2, 0.25) is 0 Å². The highest BCUT2D eigenvalue weighted by atomic mass is 16.3. The van der Waals surface area contributed by atoms with Gasteiger partial charge in [-0.05, 0) is 24.6 Å². The topological polar surface area (TPSA) is 35.5 Å². The summed E-state index contributed by atoms with van der Waals surface area (Å²) in [6.07, 6.45) is 1.12. The Balaban J connectivity index is 1.97. The van der Waals surface area contributed by atoms with Gasteiger partial charge in [-0.25, -0.2) is 0 Å². The van der Waals surface area contributed by atoms with Gasteiger partial charge in [-0.1, -0.05) is 24.3 Å². The van der Waals surface area contributed by atoms with Gasteiger partial charge >= 0.3 is 0 Å². The molecule has 1 aliphatic heterocycles. The molecule has 3 heteroatoms. The van der Waals surface area contributed by atoms with Crippen LogP contribution in [-0.4, -0.2) is 42.8 Å². The fourth-order valence-electron chi connectivity index (χ4n) is 2.26. The van der Waals surface area contributed by atoms with Crippen LogP contribution in [0.15, 0.2) is 24.3 Å². The summed E-state index contributed by atoms with van der Waals surface area (Å²) in [6, 6.07) is 8.82. The Hall–Kier alpha value is -0.900. The minimum atomic E-state index is 0.185. The van der Waals surface area contributed by atoms with Gasteiger partial charge in [0.1, 0.15) is 0 Å². The second-order valence-corrected chi connectivity index (χ2v) is 4.42. The van der Waals surface area contributed by atoms with Crippen LogP contribution in [0.4, 0.5) is 0 Å². The van der Waals surface area contributed by atoms with E-state index in [1.807, 2.05) is 7.05 Å². The van der Waals surface area contributed by atoms with Crippen molar-refractivity contribution in [2.24, 2.45) is 0 Å². The van der Waals surface area contributed by atoms with E-state index < -0.39 is 0 Å². The average molecular weight is 220 g/mol. The third-order valence-corrected chi connectivity index (χ3v) is 3.32. The van der Waals surface area contributed by atoms with Crippen LogP contribution in [-0.2, 0) is 13.0 Å². The van der Waals surface area contributed by atoms with Gasteiger partial charge in [-0.3, -0.25) is 4.90 Å². The molecule has 88 valence electrons. The number of nitrogens with one attached hydrogen (secondary N) is 1. The Morgan fingerprint density at radius 2 is 2.12 bits per heavy atom. The van der Waals surface area contributed by atoms with E-state index in [0.717, 1.165) is 26.1 Å². The van der Waals surface area contributed by atoms with Crippen molar-refractivity contribution < 1.29 is 5.11 Å². The van der Waals surface area contributed by atoms with Gasteiger partial charge in [0, 0.05) is 25.7 Å². The van der Waals surface area contributed by atoms with E-state index >= 15 is 0 Å². The quantitative estimate of drug-likeness (QED) is 0.781. The molecule has 0 fully saturated rings. The van der Waals surface area contributed by atoms with E-state index in [1.54, 1.807) is 0 Å². The maximum atomic E-state index is 9.16. The van der Waals surface area contributed by atoms with E-state index in [0.29, 0.717) is 0 Å². The van der Waals surface area contributed by atoms with Crippen molar-refractivity contribution in [3.63, 3.8) is 0 Å². The molecule has 1 aromatic carbocycles. The standard InChI is InChI=1S/C13H20N2O/c1-14-13(10-16)9-15-7-6-11-4-2-3-5-12(11)8-15/h2-5,13-14,16H,6-10H2,1H3. The van der Waals surface area contributed by atoms with Crippen LogP contribution in [0, 0.1) is 0 Å². The molecule has 0 radical (unpaired) electrons. The van der Waals surface area contributed by atoms with Gasteiger partial charge < -0.3 is 10.4 Å². The fourth-order valence-corrected chi connectivity index (χ4v) is 2.26. The van der Waals surface area contributed by atoms with Crippen LogP contribution in [0.5, 0.6) is 0 Å². The molecule has 1 unspecified atom stereocenters. The maximum Gasteiger partial charge on any atom is 0.0597 e. The molecule has 0 saturated heterocycles. The Kier molecular flexibility index (Phi) is 3.93. The van der Waals surface area contributed by atoms with Gasteiger partial charge in [-0.2, -0.15) is 0 Å². The lowest BCUT2D eigenvalue weighted by Gasteiger charge is -2.31. The monoisotopic (exact) mass is 220 g/mol. The van der Waals surface area contributed by atoms with Crippen LogP contribution >= 0.6 is 0 Å². The normalized spacial score (nSPS) is 18.1. The Labute approximate surface area is 97.1 Å². The lowest BCUT2D eigenvalue weighted by Crippen LogP contribution is -2.43. The highest BCUT2D eigenvalue weighted by Crippen LogP contribution is 2.18. The molecule has 0 spiro atoms. The van der Waals surface area contributed by atoms with E-state index in [9.17, 15) is 0 Å². The van der Waals surface area contributed by atoms with Crippen LogP contribution in [0.25, 0.3) is 0 Å². The molecule has 2 rings (SSSR count). The zero-order chi connectivity index (χ0) is 11.4. The predicted molar refractivity (Wildman–Crippen MR) is 65.4 cm³/mol. The predicted octanol–water partition coefficient (Wildman–Crippen LogP) is 0.625. The summed E-state index contributed by atoms with van der Waals surface area (Å²) in [5, 5.41) is 12.3. The molecule has 1 aliphatic rings. The molecular weight excluding hydrogens is 200 g/mol. The number of hydrogen-bond acceptors (Lipinski definition) is 3. The first kappa shape index (κ1) is 11.6. The molecular formula is C13H20N2O. The van der Waals surface area contributed by atoms with Crippen molar-refractivity contribution in [1.82, 2.24) is 10.2 Å². The lowest BCUT2D eigenvalue weighted by molar-refractivity contribution is 0.176. The largest absolute Gasteiger partial charge is 0.395 e. The molecule has 1 aromatic rings. The minimum absolute atomic E-state index is 0.185. The van der Waals surface area contributed by atoms with Gasteiger partial charge in [0.25, 0.3) is 0 Å². The van der Waals surface area contributed by atoms with Crippen LogP contribution in [0.1, 0.15) is 11.1 Å². The number of aliphatic hydroxyl groups excluding tert-OH is 1. The highest BCUT2D eigenvalue weighted by molar-refractivity contribution is 5.29. The van der Waals surface area contributed by atoms with E-state index in [-0.39, 0.29) is 12.6 Å². The number of aliphatic hydroxyl groups is 1. The summed E-state index contributed by atoms with van der Waals surface area (Å²) in [5.74, 6) is 0. The number of nitrogens with zero attached hydrogens (tertiary/aromatic N) is 1. The van der Waals surface area contributed by atoms with E-state index in [4.69, 9.17) is 5.11 Å². The Bertz CT molecular complexity index is 336. The summed E-state index contributed by atoms with van der Waals surface area (Å²) in [5.41, 5.74) is 2.91. The smallest absolute Gasteiger partial charge is 0.0597 e. The second kappa shape index (κ2) is 5.43. The molecule has 3 nitrogen and oxygen atoms in total. The van der Waals surface area contributed by atoms with Gasteiger partial charge in [0.05, 0.1) is 6.61 Å². The van der Waals surface area contributed by atoms with Crippen molar-refractivity contribution in [1.29, 1.82) is 0 Å². The fraction of sp³-hybridized carbons (Fsp3) is 0.538. The molecule has 1 heterocycles. The minimum Gasteiger partial charge on any atom is -0.395 e. The summed E-state index contributed by atoms with van der Waals surface area (Å²) in [4.78, 5) is 2.40. The van der Waals surface area contributed by atoms with Crippen LogP contribution in [0.2, 0.25) is 0 Å². The molecule has 0 aromatic heterocycles. The SMILES string of the molecule is CNC(CO)CN1CCc2ccccc2C1. The first-order valence-corrected chi connectivity index (χ1v) is 5.90. The summed E-state index contributed by atoms with van der Waals surface area (Å²) in [6.45, 7) is 3.22. The Morgan fingerprint density at radius 1 is 1.38 bits per heavy atom. The summed E-state index contributed by atoms with van der Waals surface area (Å²) >= 11 is 0. The average Bonchev–Trinajstić information content (AvgIpc) is 2.35. The third-order valence-electron chi connectivity index (χ3n) is 3.32. The van der Waals surface area contributed by atoms with Crippen molar-refractivity contribution in [2.45, 2.75) is 19.0 Å². The molecule has 0 saturated carbocycles. The van der Waals surface area contributed by atoms with Crippen molar-refractivity contribution in [2.75, 3.05) is 26.7 Å². The molecule has 0 amide bonds. The highest BCUT2D eigenvalue weighted by Gasteiger charge is 2.17.